The van der Waals surface area contributed by atoms with E-state index in [1.807, 2.05) is 6.07 Å². The highest BCUT2D eigenvalue weighted by atomic mass is 16.6. The van der Waals surface area contributed by atoms with Gasteiger partial charge in [-0.05, 0) is 42.0 Å². The van der Waals surface area contributed by atoms with E-state index in [0.29, 0.717) is 19.0 Å². The molecule has 0 bridgehead atoms. The summed E-state index contributed by atoms with van der Waals surface area (Å²) in [5, 5.41) is 0. The van der Waals surface area contributed by atoms with Crippen LogP contribution in [0.2, 0.25) is 0 Å². The SMILES string of the molecule is O=C(CCC(=O)c1cc(C2=CCCCc3ccccc32)co1)OC1CCOCC1. The van der Waals surface area contributed by atoms with Gasteiger partial charge in [-0.2, -0.15) is 0 Å². The van der Waals surface area contributed by atoms with Crippen LogP contribution in [0.15, 0.2) is 47.1 Å². The molecule has 2 heterocycles. The fourth-order valence-electron chi connectivity index (χ4n) is 3.92. The molecule has 0 N–H and O–H groups in total. The highest BCUT2D eigenvalue weighted by Gasteiger charge is 2.21. The van der Waals surface area contributed by atoms with E-state index < -0.39 is 0 Å². The lowest BCUT2D eigenvalue weighted by Gasteiger charge is -2.22. The van der Waals surface area contributed by atoms with Crippen LogP contribution in [0, 0.1) is 0 Å². The fourth-order valence-corrected chi connectivity index (χ4v) is 3.92. The average molecular weight is 394 g/mol. The third-order valence-electron chi connectivity index (χ3n) is 5.51. The molecule has 0 amide bonds. The summed E-state index contributed by atoms with van der Waals surface area (Å²) in [5.41, 5.74) is 4.54. The number of rotatable bonds is 6. The highest BCUT2D eigenvalue weighted by molar-refractivity contribution is 5.96. The van der Waals surface area contributed by atoms with E-state index in [2.05, 4.69) is 24.3 Å². The highest BCUT2D eigenvalue weighted by Crippen LogP contribution is 2.32. The molecule has 29 heavy (non-hydrogen) atoms. The van der Waals surface area contributed by atoms with Crippen LogP contribution < -0.4 is 0 Å². The Balaban J connectivity index is 1.38. The molecule has 1 fully saturated rings. The molecule has 1 aromatic carbocycles. The van der Waals surface area contributed by atoms with Crippen molar-refractivity contribution in [3.63, 3.8) is 0 Å². The minimum atomic E-state index is -0.336. The number of ketones is 1. The molecule has 0 spiro atoms. The topological polar surface area (TPSA) is 65.7 Å². The number of Topliss-reactive ketones (excluding diaryl/α,β-unsaturated/α-hetero) is 1. The molecule has 1 saturated heterocycles. The van der Waals surface area contributed by atoms with E-state index in [4.69, 9.17) is 13.9 Å². The molecule has 2 aliphatic rings. The molecule has 152 valence electrons. The second kappa shape index (κ2) is 9.23. The predicted molar refractivity (Wildman–Crippen MR) is 109 cm³/mol. The number of fused-ring (bicyclic) bond motifs is 1. The van der Waals surface area contributed by atoms with E-state index in [-0.39, 0.29) is 30.7 Å². The molecule has 4 rings (SSSR count). The summed E-state index contributed by atoms with van der Waals surface area (Å²) >= 11 is 0. The molecule has 0 saturated carbocycles. The van der Waals surface area contributed by atoms with Gasteiger partial charge in [0.25, 0.3) is 0 Å². The van der Waals surface area contributed by atoms with Gasteiger partial charge in [0.2, 0.25) is 0 Å². The number of hydrogen-bond donors (Lipinski definition) is 0. The lowest BCUT2D eigenvalue weighted by Crippen LogP contribution is -2.26. The number of esters is 1. The van der Waals surface area contributed by atoms with Crippen molar-refractivity contribution >= 4 is 17.3 Å². The Morgan fingerprint density at radius 2 is 1.93 bits per heavy atom. The number of allylic oxidation sites excluding steroid dienone is 1. The van der Waals surface area contributed by atoms with Crippen molar-refractivity contribution in [1.82, 2.24) is 0 Å². The van der Waals surface area contributed by atoms with Crippen LogP contribution in [-0.2, 0) is 20.7 Å². The largest absolute Gasteiger partial charge is 0.462 e. The van der Waals surface area contributed by atoms with Gasteiger partial charge in [-0.25, -0.2) is 0 Å². The van der Waals surface area contributed by atoms with Gasteiger partial charge >= 0.3 is 5.97 Å². The monoisotopic (exact) mass is 394 g/mol. The molecule has 1 aromatic heterocycles. The van der Waals surface area contributed by atoms with E-state index in [0.717, 1.165) is 43.2 Å². The van der Waals surface area contributed by atoms with Crippen molar-refractivity contribution in [2.24, 2.45) is 0 Å². The lowest BCUT2D eigenvalue weighted by molar-refractivity contribution is -0.153. The number of aryl methyl sites for hydroxylation is 1. The number of furan rings is 1. The van der Waals surface area contributed by atoms with Gasteiger partial charge in [-0.15, -0.1) is 0 Å². The Morgan fingerprint density at radius 3 is 2.79 bits per heavy atom. The van der Waals surface area contributed by atoms with Crippen molar-refractivity contribution in [3.05, 3.63) is 65.1 Å². The predicted octanol–water partition coefficient (Wildman–Crippen LogP) is 4.73. The average Bonchev–Trinajstić information content (AvgIpc) is 3.13. The Labute approximate surface area is 170 Å². The van der Waals surface area contributed by atoms with Crippen molar-refractivity contribution in [2.45, 2.75) is 51.0 Å². The Hall–Kier alpha value is -2.66. The van der Waals surface area contributed by atoms with Gasteiger partial charge in [0.15, 0.2) is 11.5 Å². The molecule has 0 atom stereocenters. The number of carbonyl (C=O) groups excluding carboxylic acids is 2. The molecule has 5 heteroatoms. The molecule has 0 unspecified atom stereocenters. The minimum Gasteiger partial charge on any atom is -0.462 e. The van der Waals surface area contributed by atoms with Crippen molar-refractivity contribution in [3.8, 4) is 0 Å². The van der Waals surface area contributed by atoms with Gasteiger partial charge < -0.3 is 13.9 Å². The van der Waals surface area contributed by atoms with Crippen LogP contribution >= 0.6 is 0 Å². The summed E-state index contributed by atoms with van der Waals surface area (Å²) in [5.74, 6) is -0.221. The van der Waals surface area contributed by atoms with Gasteiger partial charge in [0.05, 0.1) is 25.9 Å². The number of ether oxygens (including phenoxy) is 2. The first-order chi connectivity index (χ1) is 14.2. The number of carbonyl (C=O) groups is 2. The van der Waals surface area contributed by atoms with Crippen LogP contribution in [0.3, 0.4) is 0 Å². The van der Waals surface area contributed by atoms with Crippen molar-refractivity contribution in [2.75, 3.05) is 13.2 Å². The molecule has 2 aromatic rings. The molecular formula is C24H26O5. The lowest BCUT2D eigenvalue weighted by atomic mass is 9.95. The van der Waals surface area contributed by atoms with Gasteiger partial charge in [-0.3, -0.25) is 9.59 Å². The first kappa shape index (κ1) is 19.6. The summed E-state index contributed by atoms with van der Waals surface area (Å²) in [4.78, 5) is 24.5. The second-order valence-corrected chi connectivity index (χ2v) is 7.59. The Kier molecular flexibility index (Phi) is 6.25. The van der Waals surface area contributed by atoms with Gasteiger partial charge in [-0.1, -0.05) is 30.3 Å². The second-order valence-electron chi connectivity index (χ2n) is 7.59. The normalized spacial score (nSPS) is 17.2. The van der Waals surface area contributed by atoms with Crippen molar-refractivity contribution in [1.29, 1.82) is 0 Å². The smallest absolute Gasteiger partial charge is 0.306 e. The Bertz CT molecular complexity index is 901. The van der Waals surface area contributed by atoms with E-state index >= 15 is 0 Å². The minimum absolute atomic E-state index is 0.0672. The van der Waals surface area contributed by atoms with E-state index in [9.17, 15) is 9.59 Å². The van der Waals surface area contributed by atoms with Crippen molar-refractivity contribution < 1.29 is 23.5 Å². The number of hydrogen-bond acceptors (Lipinski definition) is 5. The molecule has 1 aliphatic heterocycles. The van der Waals surface area contributed by atoms with Crippen LogP contribution in [-0.4, -0.2) is 31.1 Å². The van der Waals surface area contributed by atoms with Crippen LogP contribution in [0.4, 0.5) is 0 Å². The van der Waals surface area contributed by atoms with Gasteiger partial charge in [0, 0.05) is 24.8 Å². The zero-order chi connectivity index (χ0) is 20.1. The summed E-state index contributed by atoms with van der Waals surface area (Å²) in [6.45, 7) is 1.23. The molecule has 1 aliphatic carbocycles. The maximum absolute atomic E-state index is 12.5. The molecule has 0 radical (unpaired) electrons. The van der Waals surface area contributed by atoms with E-state index in [1.165, 1.54) is 11.1 Å². The first-order valence-electron chi connectivity index (χ1n) is 10.4. The first-order valence-corrected chi connectivity index (χ1v) is 10.4. The maximum Gasteiger partial charge on any atom is 0.306 e. The number of benzene rings is 1. The van der Waals surface area contributed by atoms with Gasteiger partial charge in [0.1, 0.15) is 6.10 Å². The molecular weight excluding hydrogens is 368 g/mol. The third-order valence-corrected chi connectivity index (χ3v) is 5.51. The summed E-state index contributed by atoms with van der Waals surface area (Å²) in [6, 6.07) is 10.2. The zero-order valence-corrected chi connectivity index (χ0v) is 16.5. The summed E-state index contributed by atoms with van der Waals surface area (Å²) in [7, 11) is 0. The van der Waals surface area contributed by atoms with Crippen LogP contribution in [0.5, 0.6) is 0 Å². The summed E-state index contributed by atoms with van der Waals surface area (Å²) < 4.78 is 16.2. The van der Waals surface area contributed by atoms with Crippen LogP contribution in [0.1, 0.15) is 65.8 Å². The standard InChI is InChI=1S/C24H26O5/c25-22(9-10-24(26)29-19-11-13-27-14-12-19)23-15-18(16-28-23)21-8-4-2-6-17-5-1-3-7-20(17)21/h1,3,5,7-8,15-16,19H,2,4,6,9-14H2. The Morgan fingerprint density at radius 1 is 1.10 bits per heavy atom. The zero-order valence-electron chi connectivity index (χ0n) is 16.5. The third kappa shape index (κ3) is 4.85. The summed E-state index contributed by atoms with van der Waals surface area (Å²) in [6.07, 6.45) is 8.52. The maximum atomic E-state index is 12.5. The quantitative estimate of drug-likeness (QED) is 0.523. The molecule has 5 nitrogen and oxygen atoms in total. The van der Waals surface area contributed by atoms with Crippen LogP contribution in [0.25, 0.3) is 5.57 Å². The fraction of sp³-hybridized carbons (Fsp3) is 0.417. The van der Waals surface area contributed by atoms with E-state index in [1.54, 1.807) is 12.3 Å².